The third-order valence-corrected chi connectivity index (χ3v) is 5.28. The number of carbonyl (C=O) groups excluding carboxylic acids is 2. The molecule has 2 amide bonds. The summed E-state index contributed by atoms with van der Waals surface area (Å²) in [5.74, 6) is -0.408. The van der Waals surface area contributed by atoms with Crippen LogP contribution in [0.1, 0.15) is 16.8 Å². The Morgan fingerprint density at radius 1 is 1.32 bits per heavy atom. The van der Waals surface area contributed by atoms with Crippen molar-refractivity contribution in [1.82, 2.24) is 10.3 Å². The summed E-state index contributed by atoms with van der Waals surface area (Å²) in [6.07, 6.45) is 2.10. The summed E-state index contributed by atoms with van der Waals surface area (Å²) in [5.41, 5.74) is 2.07. The second-order valence-corrected chi connectivity index (χ2v) is 7.20. The molecule has 7 heteroatoms. The van der Waals surface area contributed by atoms with Gasteiger partial charge in [-0.25, -0.2) is 0 Å². The Labute approximate surface area is 153 Å². The number of fused-ring (bicyclic) bond motifs is 1. The first kappa shape index (κ1) is 16.1. The molecule has 1 aliphatic rings. The lowest BCUT2D eigenvalue weighted by atomic mass is 10.2. The highest BCUT2D eigenvalue weighted by Crippen LogP contribution is 2.25. The summed E-state index contributed by atoms with van der Waals surface area (Å²) in [5, 5.41) is 5.33. The molecule has 1 unspecified atom stereocenters. The molecule has 0 aliphatic carbocycles. The van der Waals surface area contributed by atoms with Crippen LogP contribution >= 0.6 is 22.9 Å². The number of hydrogen-bond acceptors (Lipinski definition) is 4. The molecule has 1 aliphatic heterocycles. The molecule has 2 aromatic heterocycles. The molecule has 5 nitrogen and oxygen atoms in total. The van der Waals surface area contributed by atoms with E-state index in [2.05, 4.69) is 10.3 Å². The fourth-order valence-corrected chi connectivity index (χ4v) is 3.89. The van der Waals surface area contributed by atoms with Gasteiger partial charge < -0.3 is 10.2 Å². The third-order valence-electron chi connectivity index (χ3n) is 4.20. The molecule has 4 rings (SSSR count). The first-order valence-electron chi connectivity index (χ1n) is 7.83. The molecule has 0 bridgehead atoms. The SMILES string of the molecule is O=C(NC1CCN(c2cccc(Cl)c2)C1=O)c1cnc2ccsc2c1. The summed E-state index contributed by atoms with van der Waals surface area (Å²) < 4.78 is 0.950. The second kappa shape index (κ2) is 6.46. The number of rotatable bonds is 3. The van der Waals surface area contributed by atoms with Gasteiger partial charge in [0.2, 0.25) is 5.91 Å². The lowest BCUT2D eigenvalue weighted by molar-refractivity contribution is -0.118. The standard InChI is InChI=1S/C18H14ClN3O2S/c19-12-2-1-3-13(9-12)22-6-4-15(18(22)24)21-17(23)11-8-16-14(20-10-11)5-7-25-16/h1-3,5,7-10,15H,4,6H2,(H,21,23). The Hall–Kier alpha value is -2.44. The van der Waals surface area contributed by atoms with Gasteiger partial charge in [0.1, 0.15) is 6.04 Å². The number of carbonyl (C=O) groups is 2. The average molecular weight is 372 g/mol. The molecule has 1 atom stereocenters. The molecule has 0 radical (unpaired) electrons. The van der Waals surface area contributed by atoms with Gasteiger partial charge in [-0.2, -0.15) is 0 Å². The first-order chi connectivity index (χ1) is 12.1. The molecule has 0 saturated carbocycles. The number of aromatic nitrogens is 1. The second-order valence-electron chi connectivity index (χ2n) is 5.81. The molecular formula is C18H14ClN3O2S. The number of anilines is 1. The summed E-state index contributed by atoms with van der Waals surface area (Å²) in [6.45, 7) is 0.548. The Morgan fingerprint density at radius 2 is 2.20 bits per heavy atom. The van der Waals surface area contributed by atoms with E-state index in [1.807, 2.05) is 17.5 Å². The molecule has 1 fully saturated rings. The Balaban J connectivity index is 1.49. The van der Waals surface area contributed by atoms with Crippen LogP contribution in [0.5, 0.6) is 0 Å². The minimum Gasteiger partial charge on any atom is -0.340 e. The van der Waals surface area contributed by atoms with Crippen LogP contribution in [0.25, 0.3) is 10.2 Å². The van der Waals surface area contributed by atoms with E-state index in [4.69, 9.17) is 11.6 Å². The molecule has 1 aromatic carbocycles. The van der Waals surface area contributed by atoms with Gasteiger partial charge >= 0.3 is 0 Å². The Kier molecular flexibility index (Phi) is 4.15. The fraction of sp³-hybridized carbons (Fsp3) is 0.167. The highest BCUT2D eigenvalue weighted by Gasteiger charge is 2.33. The van der Waals surface area contributed by atoms with Gasteiger partial charge in [0.15, 0.2) is 0 Å². The zero-order chi connectivity index (χ0) is 17.4. The molecule has 1 saturated heterocycles. The van der Waals surface area contributed by atoms with Crippen LogP contribution < -0.4 is 10.2 Å². The number of halogens is 1. The number of pyridine rings is 1. The largest absolute Gasteiger partial charge is 0.340 e. The van der Waals surface area contributed by atoms with Gasteiger partial charge in [-0.1, -0.05) is 17.7 Å². The normalized spacial score (nSPS) is 17.2. The van der Waals surface area contributed by atoms with Crippen molar-refractivity contribution >= 4 is 50.7 Å². The molecule has 25 heavy (non-hydrogen) atoms. The summed E-state index contributed by atoms with van der Waals surface area (Å²) in [4.78, 5) is 31.0. The Morgan fingerprint density at radius 3 is 3.04 bits per heavy atom. The van der Waals surface area contributed by atoms with Gasteiger partial charge in [0.25, 0.3) is 5.91 Å². The zero-order valence-electron chi connectivity index (χ0n) is 13.1. The van der Waals surface area contributed by atoms with Crippen LogP contribution in [-0.2, 0) is 4.79 Å². The van der Waals surface area contributed by atoms with Gasteiger partial charge in [0.05, 0.1) is 15.8 Å². The van der Waals surface area contributed by atoms with Gasteiger partial charge in [-0.15, -0.1) is 11.3 Å². The topological polar surface area (TPSA) is 62.3 Å². The maximum absolute atomic E-state index is 12.6. The van der Waals surface area contributed by atoms with Crippen LogP contribution in [0, 0.1) is 0 Å². The monoisotopic (exact) mass is 371 g/mol. The molecule has 1 N–H and O–H groups in total. The predicted molar refractivity (Wildman–Crippen MR) is 99.3 cm³/mol. The predicted octanol–water partition coefficient (Wildman–Crippen LogP) is 3.49. The fourth-order valence-electron chi connectivity index (χ4n) is 2.93. The van der Waals surface area contributed by atoms with E-state index >= 15 is 0 Å². The maximum atomic E-state index is 12.6. The van der Waals surface area contributed by atoms with E-state index in [-0.39, 0.29) is 11.8 Å². The van der Waals surface area contributed by atoms with E-state index < -0.39 is 6.04 Å². The van der Waals surface area contributed by atoms with Crippen LogP contribution in [0.15, 0.2) is 48.0 Å². The van der Waals surface area contributed by atoms with Crippen molar-refractivity contribution in [3.8, 4) is 0 Å². The number of thiophene rings is 1. The summed E-state index contributed by atoms with van der Waals surface area (Å²) in [6, 6.07) is 10.3. The number of nitrogens with one attached hydrogen (secondary N) is 1. The van der Waals surface area contributed by atoms with Crippen molar-refractivity contribution in [2.45, 2.75) is 12.5 Å². The van der Waals surface area contributed by atoms with E-state index in [0.717, 1.165) is 15.9 Å². The first-order valence-corrected chi connectivity index (χ1v) is 9.08. The van der Waals surface area contributed by atoms with Crippen molar-refractivity contribution < 1.29 is 9.59 Å². The van der Waals surface area contributed by atoms with Gasteiger partial charge in [-0.05, 0) is 42.1 Å². The van der Waals surface area contributed by atoms with E-state index in [1.165, 1.54) is 11.3 Å². The third kappa shape index (κ3) is 3.10. The lowest BCUT2D eigenvalue weighted by Crippen LogP contribution is -2.41. The van der Waals surface area contributed by atoms with Crippen molar-refractivity contribution in [2.24, 2.45) is 0 Å². The van der Waals surface area contributed by atoms with Gasteiger partial charge in [-0.3, -0.25) is 14.6 Å². The highest BCUT2D eigenvalue weighted by atomic mass is 35.5. The van der Waals surface area contributed by atoms with Crippen molar-refractivity contribution in [3.05, 3.63) is 58.6 Å². The Bertz CT molecular complexity index is 972. The number of hydrogen-bond donors (Lipinski definition) is 1. The summed E-state index contributed by atoms with van der Waals surface area (Å²) in [7, 11) is 0. The quantitative estimate of drug-likeness (QED) is 0.766. The molecule has 126 valence electrons. The maximum Gasteiger partial charge on any atom is 0.253 e. The van der Waals surface area contributed by atoms with Gasteiger partial charge in [0, 0.05) is 23.5 Å². The van der Waals surface area contributed by atoms with Crippen LogP contribution in [-0.4, -0.2) is 29.4 Å². The lowest BCUT2D eigenvalue weighted by Gasteiger charge is -2.17. The zero-order valence-corrected chi connectivity index (χ0v) is 14.7. The minimum absolute atomic E-state index is 0.124. The van der Waals surface area contributed by atoms with Crippen LogP contribution in [0.2, 0.25) is 5.02 Å². The number of nitrogens with zero attached hydrogens (tertiary/aromatic N) is 2. The number of benzene rings is 1. The van der Waals surface area contributed by atoms with Crippen LogP contribution in [0.3, 0.4) is 0 Å². The van der Waals surface area contributed by atoms with Crippen molar-refractivity contribution in [2.75, 3.05) is 11.4 Å². The molecule has 3 aromatic rings. The van der Waals surface area contributed by atoms with Crippen molar-refractivity contribution in [1.29, 1.82) is 0 Å². The van der Waals surface area contributed by atoms with Crippen LogP contribution in [0.4, 0.5) is 5.69 Å². The molecule has 3 heterocycles. The number of amides is 2. The average Bonchev–Trinajstić information content (AvgIpc) is 3.21. The summed E-state index contributed by atoms with van der Waals surface area (Å²) >= 11 is 7.53. The highest BCUT2D eigenvalue weighted by molar-refractivity contribution is 7.17. The van der Waals surface area contributed by atoms with E-state index in [0.29, 0.717) is 23.6 Å². The molecule has 0 spiro atoms. The molecular weight excluding hydrogens is 358 g/mol. The van der Waals surface area contributed by atoms with E-state index in [1.54, 1.807) is 35.4 Å². The smallest absolute Gasteiger partial charge is 0.253 e. The van der Waals surface area contributed by atoms with E-state index in [9.17, 15) is 9.59 Å². The van der Waals surface area contributed by atoms with Crippen molar-refractivity contribution in [3.63, 3.8) is 0 Å². The minimum atomic E-state index is -0.537.